The minimum absolute atomic E-state index is 0. The zero-order chi connectivity index (χ0) is 16.5. The van der Waals surface area contributed by atoms with E-state index < -0.39 is 5.54 Å². The number of rotatable bonds is 5. The maximum absolute atomic E-state index is 12.6. The molecule has 0 saturated heterocycles. The number of amides is 1. The largest absolute Gasteiger partial charge is 0.378 e. The monoisotopic (exact) mass is 340 g/mol. The molecular formula is C18H29ClN2O2. The summed E-state index contributed by atoms with van der Waals surface area (Å²) in [6.45, 7) is 10.9. The molecule has 1 aliphatic carbocycles. The topological polar surface area (TPSA) is 64.3 Å². The number of nitrogens with two attached hydrogens (primary N) is 1. The maximum Gasteiger partial charge on any atom is 0.245 e. The fourth-order valence-corrected chi connectivity index (χ4v) is 3.01. The van der Waals surface area contributed by atoms with E-state index in [1.807, 2.05) is 45.0 Å². The number of ether oxygens (including phenoxy) is 1. The third kappa shape index (κ3) is 3.54. The van der Waals surface area contributed by atoms with Crippen molar-refractivity contribution in [3.05, 3.63) is 29.8 Å². The molecule has 1 aliphatic rings. The molecule has 1 aromatic rings. The number of nitrogens with one attached hydrogen (secondary N) is 1. The molecule has 2 unspecified atom stereocenters. The van der Waals surface area contributed by atoms with Gasteiger partial charge >= 0.3 is 0 Å². The van der Waals surface area contributed by atoms with Crippen molar-refractivity contribution in [1.29, 1.82) is 0 Å². The van der Waals surface area contributed by atoms with E-state index in [1.165, 1.54) is 5.56 Å². The van der Waals surface area contributed by atoms with Crippen LogP contribution in [0, 0.1) is 5.41 Å². The quantitative estimate of drug-likeness (QED) is 0.858. The van der Waals surface area contributed by atoms with Gasteiger partial charge in [-0.15, -0.1) is 12.4 Å². The van der Waals surface area contributed by atoms with E-state index in [9.17, 15) is 4.79 Å². The zero-order valence-electron chi connectivity index (χ0n) is 14.7. The summed E-state index contributed by atoms with van der Waals surface area (Å²) in [5, 5.41) is 2.95. The number of benzene rings is 1. The summed E-state index contributed by atoms with van der Waals surface area (Å²) in [7, 11) is 0. The Hall–Kier alpha value is -1.10. The van der Waals surface area contributed by atoms with E-state index >= 15 is 0 Å². The predicted octanol–water partition coefficient (Wildman–Crippen LogP) is 3.70. The first-order valence-electron chi connectivity index (χ1n) is 8.04. The van der Waals surface area contributed by atoms with Crippen molar-refractivity contribution in [3.63, 3.8) is 0 Å². The van der Waals surface area contributed by atoms with Crippen LogP contribution >= 0.6 is 12.4 Å². The molecule has 1 amide bonds. The number of carbonyl (C=O) groups excluding carboxylic acids is 1. The van der Waals surface area contributed by atoms with E-state index in [0.717, 1.165) is 5.69 Å². The van der Waals surface area contributed by atoms with Gasteiger partial charge in [-0.1, -0.05) is 39.8 Å². The highest BCUT2D eigenvalue weighted by atomic mass is 35.5. The summed E-state index contributed by atoms with van der Waals surface area (Å²) in [6.07, 6.45) is 0.598. The minimum Gasteiger partial charge on any atom is -0.378 e. The Morgan fingerprint density at radius 2 is 1.91 bits per heavy atom. The van der Waals surface area contributed by atoms with Crippen LogP contribution in [0.2, 0.25) is 0 Å². The van der Waals surface area contributed by atoms with Crippen molar-refractivity contribution in [2.24, 2.45) is 11.1 Å². The second kappa shape index (κ2) is 7.20. The second-order valence-electron chi connectivity index (χ2n) is 7.07. The number of hydrogen-bond donors (Lipinski definition) is 2. The number of anilines is 1. The van der Waals surface area contributed by atoms with Crippen LogP contribution in [0.5, 0.6) is 0 Å². The minimum atomic E-state index is -0.885. The van der Waals surface area contributed by atoms with E-state index in [2.05, 4.69) is 19.2 Å². The highest BCUT2D eigenvalue weighted by molar-refractivity contribution is 5.99. The summed E-state index contributed by atoms with van der Waals surface area (Å²) in [5.74, 6) is 0.342. The lowest BCUT2D eigenvalue weighted by molar-refractivity contribution is -0.166. The van der Waals surface area contributed by atoms with Crippen molar-refractivity contribution in [3.8, 4) is 0 Å². The molecule has 0 radical (unpaired) electrons. The summed E-state index contributed by atoms with van der Waals surface area (Å²) in [4.78, 5) is 12.6. The Morgan fingerprint density at radius 1 is 1.35 bits per heavy atom. The average molecular weight is 341 g/mol. The van der Waals surface area contributed by atoms with E-state index in [1.54, 1.807) is 0 Å². The maximum atomic E-state index is 12.6. The molecule has 1 aromatic carbocycles. The van der Waals surface area contributed by atoms with Crippen molar-refractivity contribution >= 4 is 24.0 Å². The number of halogens is 1. The zero-order valence-corrected chi connectivity index (χ0v) is 15.5. The third-order valence-corrected chi connectivity index (χ3v) is 5.07. The average Bonchev–Trinajstić information content (AvgIpc) is 2.47. The van der Waals surface area contributed by atoms with Crippen LogP contribution in [0.15, 0.2) is 24.3 Å². The Balaban J connectivity index is 0.00000264. The molecule has 0 heterocycles. The number of carbonyl (C=O) groups is 1. The standard InChI is InChI=1S/C18H28N2O2.ClH/c1-6-22-15-11-18(19,17(15,4)5)16(21)20-14-9-7-13(8-10-14)12(2)3;/h7-10,12,15H,6,11,19H2,1-5H3,(H,20,21);1H. The van der Waals surface area contributed by atoms with Gasteiger partial charge in [0.05, 0.1) is 6.10 Å². The van der Waals surface area contributed by atoms with E-state index in [-0.39, 0.29) is 29.8 Å². The van der Waals surface area contributed by atoms with E-state index in [0.29, 0.717) is 18.9 Å². The Labute approximate surface area is 145 Å². The molecule has 1 fully saturated rings. The molecular weight excluding hydrogens is 312 g/mol. The lowest BCUT2D eigenvalue weighted by Gasteiger charge is -2.57. The lowest BCUT2D eigenvalue weighted by Crippen LogP contribution is -2.74. The van der Waals surface area contributed by atoms with Crippen molar-refractivity contribution < 1.29 is 9.53 Å². The summed E-state index contributed by atoms with van der Waals surface area (Å²) in [5.41, 5.74) is 7.16. The lowest BCUT2D eigenvalue weighted by atomic mass is 9.54. The van der Waals surface area contributed by atoms with Gasteiger partial charge < -0.3 is 15.8 Å². The van der Waals surface area contributed by atoms with Crippen molar-refractivity contribution in [2.75, 3.05) is 11.9 Å². The smallest absolute Gasteiger partial charge is 0.245 e. The summed E-state index contributed by atoms with van der Waals surface area (Å²) >= 11 is 0. The molecule has 1 saturated carbocycles. The first-order chi connectivity index (χ1) is 10.2. The fourth-order valence-electron chi connectivity index (χ4n) is 3.01. The van der Waals surface area contributed by atoms with Gasteiger partial charge in [0.25, 0.3) is 0 Å². The molecule has 0 aliphatic heterocycles. The highest BCUT2D eigenvalue weighted by Gasteiger charge is 2.62. The molecule has 0 bridgehead atoms. The molecule has 3 N–H and O–H groups in total. The van der Waals surface area contributed by atoms with Crippen LogP contribution in [-0.4, -0.2) is 24.2 Å². The Kier molecular flexibility index (Phi) is 6.25. The normalized spacial score (nSPS) is 25.4. The van der Waals surface area contributed by atoms with Gasteiger partial charge in [-0.25, -0.2) is 0 Å². The number of hydrogen-bond acceptors (Lipinski definition) is 3. The van der Waals surface area contributed by atoms with Crippen LogP contribution < -0.4 is 11.1 Å². The van der Waals surface area contributed by atoms with Crippen LogP contribution in [0.25, 0.3) is 0 Å². The van der Waals surface area contributed by atoms with Crippen molar-refractivity contribution in [2.45, 2.75) is 58.6 Å². The second-order valence-corrected chi connectivity index (χ2v) is 7.07. The van der Waals surface area contributed by atoms with Gasteiger partial charge in [0.2, 0.25) is 5.91 Å². The predicted molar refractivity (Wildman–Crippen MR) is 97.1 cm³/mol. The fraction of sp³-hybridized carbons (Fsp3) is 0.611. The highest BCUT2D eigenvalue weighted by Crippen LogP contribution is 2.50. The molecule has 130 valence electrons. The van der Waals surface area contributed by atoms with Gasteiger partial charge in [0.1, 0.15) is 5.54 Å². The molecule has 0 aromatic heterocycles. The van der Waals surface area contributed by atoms with Crippen LogP contribution in [0.3, 0.4) is 0 Å². The van der Waals surface area contributed by atoms with Crippen LogP contribution in [0.4, 0.5) is 5.69 Å². The Morgan fingerprint density at radius 3 is 2.35 bits per heavy atom. The van der Waals surface area contributed by atoms with Crippen molar-refractivity contribution in [1.82, 2.24) is 0 Å². The van der Waals surface area contributed by atoms with Gasteiger partial charge in [-0.05, 0) is 30.5 Å². The molecule has 4 nitrogen and oxygen atoms in total. The molecule has 23 heavy (non-hydrogen) atoms. The van der Waals surface area contributed by atoms with Gasteiger partial charge in [-0.3, -0.25) is 4.79 Å². The Bertz CT molecular complexity index is 542. The molecule has 2 atom stereocenters. The summed E-state index contributed by atoms with van der Waals surface area (Å²) in [6, 6.07) is 7.95. The van der Waals surface area contributed by atoms with Crippen LogP contribution in [-0.2, 0) is 9.53 Å². The van der Waals surface area contributed by atoms with Gasteiger partial charge in [0, 0.05) is 24.1 Å². The van der Waals surface area contributed by atoms with Gasteiger partial charge in [0.15, 0.2) is 0 Å². The first kappa shape index (κ1) is 19.9. The third-order valence-electron chi connectivity index (χ3n) is 5.07. The SMILES string of the molecule is CCOC1CC(N)(C(=O)Nc2ccc(C(C)C)cc2)C1(C)C.Cl. The van der Waals surface area contributed by atoms with Gasteiger partial charge in [-0.2, -0.15) is 0 Å². The molecule has 2 rings (SSSR count). The first-order valence-corrected chi connectivity index (χ1v) is 8.04. The summed E-state index contributed by atoms with van der Waals surface area (Å²) < 4.78 is 5.67. The van der Waals surface area contributed by atoms with Crippen LogP contribution in [0.1, 0.15) is 52.5 Å². The molecule has 5 heteroatoms. The molecule has 0 spiro atoms. The van der Waals surface area contributed by atoms with E-state index in [4.69, 9.17) is 10.5 Å².